The number of sulfonamides is 1. The molecule has 1 fully saturated rings. The zero-order valence-corrected chi connectivity index (χ0v) is 10.4. The molecule has 1 aromatic rings. The predicted octanol–water partition coefficient (Wildman–Crippen LogP) is 0.692. The van der Waals surface area contributed by atoms with Gasteiger partial charge in [-0.3, -0.25) is 4.72 Å². The van der Waals surface area contributed by atoms with E-state index in [1.807, 2.05) is 0 Å². The highest BCUT2D eigenvalue weighted by molar-refractivity contribution is 7.92. The fraction of sp³-hybridized carbons (Fsp3) is 0.400. The van der Waals surface area contributed by atoms with Crippen molar-refractivity contribution in [2.45, 2.75) is 18.9 Å². The van der Waals surface area contributed by atoms with Gasteiger partial charge in [0.25, 0.3) is 0 Å². The fourth-order valence-corrected chi connectivity index (χ4v) is 1.87. The molecule has 0 radical (unpaired) electrons. The molecule has 1 heterocycles. The first-order valence-electron chi connectivity index (χ1n) is 5.23. The maximum atomic E-state index is 11.2. The molecule has 0 aliphatic heterocycles. The third kappa shape index (κ3) is 3.10. The van der Waals surface area contributed by atoms with Crippen LogP contribution < -0.4 is 9.46 Å². The molecule has 7 nitrogen and oxygen atoms in total. The summed E-state index contributed by atoms with van der Waals surface area (Å²) in [5, 5.41) is 9.12. The quantitative estimate of drug-likeness (QED) is 0.817. The number of pyridine rings is 1. The van der Waals surface area contributed by atoms with Crippen molar-refractivity contribution in [1.29, 1.82) is 0 Å². The highest BCUT2D eigenvalue weighted by Crippen LogP contribution is 2.31. The summed E-state index contributed by atoms with van der Waals surface area (Å²) in [6, 6.07) is 1.41. The number of nitrogens with one attached hydrogen (secondary N) is 1. The van der Waals surface area contributed by atoms with Crippen molar-refractivity contribution in [1.82, 2.24) is 4.98 Å². The van der Waals surface area contributed by atoms with E-state index in [0.29, 0.717) is 0 Å². The Labute approximate surface area is 104 Å². The number of nitrogens with zero attached hydrogens (tertiary/aromatic N) is 1. The number of hydrogen-bond acceptors (Lipinski definition) is 5. The number of ether oxygens (including phenoxy) is 1. The molecule has 1 aliphatic carbocycles. The highest BCUT2D eigenvalue weighted by Gasteiger charge is 2.27. The van der Waals surface area contributed by atoms with E-state index in [1.54, 1.807) is 0 Å². The van der Waals surface area contributed by atoms with Gasteiger partial charge in [-0.1, -0.05) is 0 Å². The molecule has 2 rings (SSSR count). The number of aromatic carboxylic acids is 1. The molecular weight excluding hydrogens is 260 g/mol. The number of carboxylic acid groups (broad SMARTS) is 1. The van der Waals surface area contributed by atoms with Gasteiger partial charge in [-0.15, -0.1) is 0 Å². The van der Waals surface area contributed by atoms with Gasteiger partial charge >= 0.3 is 5.97 Å². The van der Waals surface area contributed by atoms with E-state index >= 15 is 0 Å². The van der Waals surface area contributed by atoms with Crippen LogP contribution in [0.4, 0.5) is 5.82 Å². The second kappa shape index (κ2) is 4.45. The van der Waals surface area contributed by atoms with E-state index in [4.69, 9.17) is 9.84 Å². The van der Waals surface area contributed by atoms with Crippen LogP contribution in [0.1, 0.15) is 23.2 Å². The molecule has 0 atom stereocenters. The summed E-state index contributed by atoms with van der Waals surface area (Å²) in [6.45, 7) is 0. The second-order valence-corrected chi connectivity index (χ2v) is 5.78. The molecule has 0 bridgehead atoms. The largest absolute Gasteiger partial charge is 0.489 e. The van der Waals surface area contributed by atoms with Crippen LogP contribution in [0.15, 0.2) is 12.3 Å². The van der Waals surface area contributed by atoms with Crippen molar-refractivity contribution >= 4 is 21.8 Å². The van der Waals surface area contributed by atoms with Gasteiger partial charge in [0.15, 0.2) is 5.82 Å². The molecule has 0 saturated heterocycles. The summed E-state index contributed by atoms with van der Waals surface area (Å²) in [7, 11) is -3.59. The van der Waals surface area contributed by atoms with Crippen molar-refractivity contribution in [2.75, 3.05) is 11.0 Å². The van der Waals surface area contributed by atoms with E-state index < -0.39 is 16.0 Å². The molecular formula is C10H12N2O5S. The lowest BCUT2D eigenvalue weighted by atomic mass is 10.2. The molecule has 1 aromatic heterocycles. The third-order valence-corrected chi connectivity index (χ3v) is 2.79. The van der Waals surface area contributed by atoms with E-state index in [9.17, 15) is 13.2 Å². The minimum absolute atomic E-state index is 0.0107. The van der Waals surface area contributed by atoms with Crippen LogP contribution in [-0.4, -0.2) is 36.8 Å². The Bertz CT molecular complexity index is 580. The third-order valence-electron chi connectivity index (χ3n) is 2.23. The maximum Gasteiger partial charge on any atom is 0.343 e. The van der Waals surface area contributed by atoms with Crippen LogP contribution in [0.5, 0.6) is 5.75 Å². The van der Waals surface area contributed by atoms with Crippen LogP contribution in [0.3, 0.4) is 0 Å². The molecule has 98 valence electrons. The molecule has 0 amide bonds. The standard InChI is InChI=1S/C10H12N2O5S/c1-18(15,16)12-9-8(10(13)14)7(4-5-11-9)17-6-2-3-6/h4-6H,2-3H2,1H3,(H,11,12)(H,13,14). The average Bonchev–Trinajstić information content (AvgIpc) is 2.98. The van der Waals surface area contributed by atoms with E-state index in [0.717, 1.165) is 19.1 Å². The topological polar surface area (TPSA) is 106 Å². The maximum absolute atomic E-state index is 11.2. The summed E-state index contributed by atoms with van der Waals surface area (Å²) in [4.78, 5) is 14.9. The first-order valence-corrected chi connectivity index (χ1v) is 7.12. The molecule has 18 heavy (non-hydrogen) atoms. The highest BCUT2D eigenvalue weighted by atomic mass is 32.2. The zero-order chi connectivity index (χ0) is 13.3. The smallest absolute Gasteiger partial charge is 0.343 e. The van der Waals surface area contributed by atoms with E-state index in [1.165, 1.54) is 12.3 Å². The van der Waals surface area contributed by atoms with Gasteiger partial charge in [0.05, 0.1) is 12.4 Å². The summed E-state index contributed by atoms with van der Waals surface area (Å²) in [6.07, 6.45) is 3.98. The minimum atomic E-state index is -3.59. The summed E-state index contributed by atoms with van der Waals surface area (Å²) in [5.74, 6) is -1.39. The van der Waals surface area contributed by atoms with Crippen LogP contribution in [0.2, 0.25) is 0 Å². The minimum Gasteiger partial charge on any atom is -0.489 e. The molecule has 0 spiro atoms. The van der Waals surface area contributed by atoms with Crippen LogP contribution >= 0.6 is 0 Å². The lowest BCUT2D eigenvalue weighted by Gasteiger charge is -2.11. The van der Waals surface area contributed by atoms with Gasteiger partial charge in [0, 0.05) is 6.20 Å². The monoisotopic (exact) mass is 272 g/mol. The van der Waals surface area contributed by atoms with Gasteiger partial charge in [-0.05, 0) is 18.9 Å². The van der Waals surface area contributed by atoms with Crippen molar-refractivity contribution < 1.29 is 23.1 Å². The number of hydrogen-bond donors (Lipinski definition) is 2. The molecule has 1 aliphatic rings. The Balaban J connectivity index is 2.41. The Morgan fingerprint density at radius 3 is 2.72 bits per heavy atom. The lowest BCUT2D eigenvalue weighted by molar-refractivity contribution is 0.0693. The first-order chi connectivity index (χ1) is 8.37. The Kier molecular flexibility index (Phi) is 3.12. The summed E-state index contributed by atoms with van der Waals surface area (Å²) >= 11 is 0. The Morgan fingerprint density at radius 1 is 1.56 bits per heavy atom. The van der Waals surface area contributed by atoms with Crippen molar-refractivity contribution in [3.63, 3.8) is 0 Å². The Morgan fingerprint density at radius 2 is 2.22 bits per heavy atom. The molecule has 2 N–H and O–H groups in total. The van der Waals surface area contributed by atoms with Gasteiger partial charge in [0.1, 0.15) is 11.3 Å². The molecule has 0 aromatic carbocycles. The second-order valence-electron chi connectivity index (χ2n) is 4.03. The Hall–Kier alpha value is -1.83. The van der Waals surface area contributed by atoms with Gasteiger partial charge in [-0.25, -0.2) is 18.2 Å². The zero-order valence-electron chi connectivity index (χ0n) is 9.58. The molecule has 8 heteroatoms. The van der Waals surface area contributed by atoms with Crippen molar-refractivity contribution in [3.05, 3.63) is 17.8 Å². The predicted molar refractivity (Wildman–Crippen MR) is 63.3 cm³/mol. The number of carboxylic acids is 1. The number of rotatable bonds is 5. The number of carbonyl (C=O) groups is 1. The SMILES string of the molecule is CS(=O)(=O)Nc1nccc(OC2CC2)c1C(=O)O. The lowest BCUT2D eigenvalue weighted by Crippen LogP contribution is -2.16. The van der Waals surface area contributed by atoms with Crippen LogP contribution in [0.25, 0.3) is 0 Å². The number of aromatic nitrogens is 1. The molecule has 0 unspecified atom stereocenters. The normalized spacial score (nSPS) is 15.2. The van der Waals surface area contributed by atoms with Gasteiger partial charge < -0.3 is 9.84 Å². The van der Waals surface area contributed by atoms with Crippen LogP contribution in [-0.2, 0) is 10.0 Å². The first kappa shape index (κ1) is 12.6. The summed E-state index contributed by atoms with van der Waals surface area (Å²) < 4.78 is 29.8. The van der Waals surface area contributed by atoms with E-state index in [2.05, 4.69) is 9.71 Å². The molecule has 1 saturated carbocycles. The van der Waals surface area contributed by atoms with Gasteiger partial charge in [0.2, 0.25) is 10.0 Å². The van der Waals surface area contributed by atoms with Crippen molar-refractivity contribution in [3.8, 4) is 5.75 Å². The van der Waals surface area contributed by atoms with Gasteiger partial charge in [-0.2, -0.15) is 0 Å². The summed E-state index contributed by atoms with van der Waals surface area (Å²) in [5.41, 5.74) is -0.269. The average molecular weight is 272 g/mol. The van der Waals surface area contributed by atoms with Crippen molar-refractivity contribution in [2.24, 2.45) is 0 Å². The number of anilines is 1. The van der Waals surface area contributed by atoms with E-state index in [-0.39, 0.29) is 23.2 Å². The fourth-order valence-electron chi connectivity index (χ4n) is 1.37. The van der Waals surface area contributed by atoms with Crippen LogP contribution in [0, 0.1) is 0 Å².